The highest BCUT2D eigenvalue weighted by Gasteiger charge is 2.16. The van der Waals surface area contributed by atoms with E-state index in [0.29, 0.717) is 62.3 Å². The summed E-state index contributed by atoms with van der Waals surface area (Å²) in [6.07, 6.45) is 4.22. The molecule has 2 aromatic heterocycles. The molecule has 2 aromatic rings. The molecule has 1 amide bonds. The van der Waals surface area contributed by atoms with Gasteiger partial charge in [0.05, 0.1) is 26.4 Å². The number of aromatic nitrogens is 2. The van der Waals surface area contributed by atoms with Gasteiger partial charge in [0.15, 0.2) is 11.7 Å². The highest BCUT2D eigenvalue weighted by Crippen LogP contribution is 2.10. The van der Waals surface area contributed by atoms with Crippen molar-refractivity contribution in [3.8, 4) is 0 Å². The normalized spacial score (nSPS) is 12.8. The SMILES string of the molecule is COCCOCCNC(=O)OCCCc1cccnc1C1=NNC(c2ccccn2)=NN1. The molecular weight excluding hydrogens is 414 g/mol. The lowest BCUT2D eigenvalue weighted by Gasteiger charge is -2.16. The number of carbonyl (C=O) groups is 1. The maximum atomic E-state index is 11.7. The molecule has 11 nitrogen and oxygen atoms in total. The number of alkyl carbamates (subject to hydrolysis) is 1. The van der Waals surface area contributed by atoms with Crippen LogP contribution in [0.4, 0.5) is 4.79 Å². The van der Waals surface area contributed by atoms with Crippen LogP contribution in [0, 0.1) is 0 Å². The average molecular weight is 441 g/mol. The van der Waals surface area contributed by atoms with Crippen LogP contribution in [0.2, 0.25) is 0 Å². The molecule has 11 heteroatoms. The largest absolute Gasteiger partial charge is 0.450 e. The van der Waals surface area contributed by atoms with Crippen molar-refractivity contribution in [2.45, 2.75) is 12.8 Å². The van der Waals surface area contributed by atoms with Gasteiger partial charge in [0.2, 0.25) is 0 Å². The van der Waals surface area contributed by atoms with E-state index in [9.17, 15) is 4.79 Å². The van der Waals surface area contributed by atoms with Crippen molar-refractivity contribution < 1.29 is 19.0 Å². The lowest BCUT2D eigenvalue weighted by molar-refractivity contribution is 0.0705. The molecule has 0 aromatic carbocycles. The van der Waals surface area contributed by atoms with Crippen LogP contribution in [0.25, 0.3) is 0 Å². The monoisotopic (exact) mass is 441 g/mol. The maximum absolute atomic E-state index is 11.7. The smallest absolute Gasteiger partial charge is 0.407 e. The molecular formula is C21H27N7O4. The van der Waals surface area contributed by atoms with Crippen LogP contribution < -0.4 is 16.2 Å². The number of rotatable bonds is 12. The average Bonchev–Trinajstić information content (AvgIpc) is 2.85. The molecule has 170 valence electrons. The van der Waals surface area contributed by atoms with E-state index in [1.54, 1.807) is 19.5 Å². The third-order valence-corrected chi connectivity index (χ3v) is 4.34. The Kier molecular flexibility index (Phi) is 9.37. The number of carbonyl (C=O) groups excluding carboxylic acids is 1. The highest BCUT2D eigenvalue weighted by atomic mass is 16.5. The number of amides is 1. The third-order valence-electron chi connectivity index (χ3n) is 4.34. The van der Waals surface area contributed by atoms with E-state index in [4.69, 9.17) is 14.2 Å². The molecule has 1 aliphatic rings. The number of methoxy groups -OCH3 is 1. The van der Waals surface area contributed by atoms with Gasteiger partial charge < -0.3 is 19.5 Å². The van der Waals surface area contributed by atoms with Crippen LogP contribution in [-0.2, 0) is 20.6 Å². The van der Waals surface area contributed by atoms with Gasteiger partial charge in [0.25, 0.3) is 0 Å². The maximum Gasteiger partial charge on any atom is 0.407 e. The fraction of sp³-hybridized carbons (Fsp3) is 0.381. The lowest BCUT2D eigenvalue weighted by Crippen LogP contribution is -2.36. The molecule has 0 radical (unpaired) electrons. The third kappa shape index (κ3) is 7.29. The molecule has 32 heavy (non-hydrogen) atoms. The Hall–Kier alpha value is -3.57. The molecule has 0 saturated heterocycles. The number of pyridine rings is 2. The van der Waals surface area contributed by atoms with E-state index in [1.165, 1.54) is 0 Å². The van der Waals surface area contributed by atoms with E-state index < -0.39 is 6.09 Å². The number of aryl methyl sites for hydroxylation is 1. The minimum atomic E-state index is -0.467. The highest BCUT2D eigenvalue weighted by molar-refractivity contribution is 6.04. The molecule has 0 bridgehead atoms. The number of hydrogen-bond acceptors (Lipinski definition) is 10. The minimum absolute atomic E-state index is 0.283. The van der Waals surface area contributed by atoms with Crippen LogP contribution in [0.15, 0.2) is 52.9 Å². The summed E-state index contributed by atoms with van der Waals surface area (Å²) >= 11 is 0. The second-order valence-electron chi connectivity index (χ2n) is 6.64. The van der Waals surface area contributed by atoms with Crippen LogP contribution in [0.1, 0.15) is 23.4 Å². The summed E-state index contributed by atoms with van der Waals surface area (Å²) in [4.78, 5) is 20.4. The lowest BCUT2D eigenvalue weighted by atomic mass is 10.1. The Balaban J connectivity index is 1.41. The molecule has 0 fully saturated rings. The zero-order chi connectivity index (χ0) is 22.4. The van der Waals surface area contributed by atoms with Gasteiger partial charge in [0, 0.05) is 26.0 Å². The zero-order valence-corrected chi connectivity index (χ0v) is 17.9. The van der Waals surface area contributed by atoms with Crippen molar-refractivity contribution in [2.24, 2.45) is 10.2 Å². The van der Waals surface area contributed by atoms with Crippen LogP contribution >= 0.6 is 0 Å². The number of hydrogen-bond donors (Lipinski definition) is 3. The number of amidine groups is 2. The first kappa shape index (κ1) is 23.1. The van der Waals surface area contributed by atoms with Crippen LogP contribution in [0.5, 0.6) is 0 Å². The summed E-state index contributed by atoms with van der Waals surface area (Å²) in [5, 5.41) is 11.3. The van der Waals surface area contributed by atoms with Crippen molar-refractivity contribution in [3.05, 3.63) is 59.7 Å². The first-order valence-electron chi connectivity index (χ1n) is 10.3. The molecule has 3 heterocycles. The van der Waals surface area contributed by atoms with Crippen LogP contribution in [-0.4, -0.2) is 67.8 Å². The van der Waals surface area contributed by atoms with Gasteiger partial charge in [-0.3, -0.25) is 20.8 Å². The summed E-state index contributed by atoms with van der Waals surface area (Å²) in [7, 11) is 1.61. The first-order valence-corrected chi connectivity index (χ1v) is 10.3. The summed E-state index contributed by atoms with van der Waals surface area (Å²) < 4.78 is 15.4. The standard InChI is InChI=1S/C21H27N7O4/c1-30-14-15-31-13-11-24-21(29)32-12-5-7-16-6-4-10-23-18(16)20-27-25-19(26-28-20)17-8-2-3-9-22-17/h2-4,6,8-10H,5,7,11-15H2,1H3,(H,24,29)(H,25,26)(H,27,28). The minimum Gasteiger partial charge on any atom is -0.450 e. The fourth-order valence-corrected chi connectivity index (χ4v) is 2.79. The molecule has 0 aliphatic carbocycles. The second kappa shape index (κ2) is 13.0. The molecule has 3 rings (SSSR count). The van der Waals surface area contributed by atoms with E-state index in [-0.39, 0.29) is 6.61 Å². The fourth-order valence-electron chi connectivity index (χ4n) is 2.79. The van der Waals surface area contributed by atoms with Crippen molar-refractivity contribution in [1.29, 1.82) is 0 Å². The molecule has 0 spiro atoms. The van der Waals surface area contributed by atoms with Crippen molar-refractivity contribution in [1.82, 2.24) is 26.1 Å². The predicted octanol–water partition coefficient (Wildman–Crippen LogP) is 1.01. The van der Waals surface area contributed by atoms with Crippen molar-refractivity contribution in [2.75, 3.05) is 40.1 Å². The van der Waals surface area contributed by atoms with Crippen molar-refractivity contribution >= 4 is 17.8 Å². The quantitative estimate of drug-likeness (QED) is 0.416. The van der Waals surface area contributed by atoms with Gasteiger partial charge in [-0.25, -0.2) is 4.79 Å². The van der Waals surface area contributed by atoms with E-state index in [0.717, 1.165) is 5.56 Å². The van der Waals surface area contributed by atoms with Crippen LogP contribution in [0.3, 0.4) is 0 Å². The molecule has 3 N–H and O–H groups in total. The summed E-state index contributed by atoms with van der Waals surface area (Å²) in [6, 6.07) is 9.37. The van der Waals surface area contributed by atoms with Gasteiger partial charge in [0.1, 0.15) is 11.4 Å². The summed E-state index contributed by atoms with van der Waals surface area (Å²) in [5.41, 5.74) is 8.17. The van der Waals surface area contributed by atoms with E-state index in [2.05, 4.69) is 36.3 Å². The molecule has 0 unspecified atom stereocenters. The molecule has 0 atom stereocenters. The van der Waals surface area contributed by atoms with Gasteiger partial charge in [-0.2, -0.15) is 10.2 Å². The van der Waals surface area contributed by atoms with Gasteiger partial charge in [-0.05, 0) is 36.6 Å². The topological polar surface area (TPSA) is 131 Å². The summed E-state index contributed by atoms with van der Waals surface area (Å²) in [5.74, 6) is 1.03. The summed E-state index contributed by atoms with van der Waals surface area (Å²) in [6.45, 7) is 2.09. The zero-order valence-electron chi connectivity index (χ0n) is 17.9. The number of hydrazone groups is 2. The van der Waals surface area contributed by atoms with E-state index >= 15 is 0 Å². The van der Waals surface area contributed by atoms with Gasteiger partial charge in [-0.15, -0.1) is 0 Å². The number of ether oxygens (including phenoxy) is 3. The molecule has 1 aliphatic heterocycles. The van der Waals surface area contributed by atoms with Crippen molar-refractivity contribution in [3.63, 3.8) is 0 Å². The Morgan fingerprint density at radius 3 is 2.59 bits per heavy atom. The Morgan fingerprint density at radius 2 is 1.81 bits per heavy atom. The Bertz CT molecular complexity index is 921. The number of nitrogens with zero attached hydrogens (tertiary/aromatic N) is 4. The van der Waals surface area contributed by atoms with Gasteiger partial charge >= 0.3 is 6.09 Å². The van der Waals surface area contributed by atoms with E-state index in [1.807, 2.05) is 30.3 Å². The van der Waals surface area contributed by atoms with Gasteiger partial charge in [-0.1, -0.05) is 12.1 Å². The molecule has 0 saturated carbocycles. The number of nitrogens with one attached hydrogen (secondary N) is 3. The first-order chi connectivity index (χ1) is 15.8. The second-order valence-corrected chi connectivity index (χ2v) is 6.64. The Labute approximate surface area is 186 Å². The Morgan fingerprint density at radius 1 is 0.969 bits per heavy atom. The predicted molar refractivity (Wildman–Crippen MR) is 118 cm³/mol.